The van der Waals surface area contributed by atoms with Crippen molar-refractivity contribution in [3.8, 4) is 0 Å². The van der Waals surface area contributed by atoms with E-state index in [1.54, 1.807) is 0 Å². The fraction of sp³-hybridized carbons (Fsp3) is 0.600. The van der Waals surface area contributed by atoms with Gasteiger partial charge in [-0.15, -0.1) is 35.3 Å². The van der Waals surface area contributed by atoms with Gasteiger partial charge < -0.3 is 10.6 Å². The van der Waals surface area contributed by atoms with Crippen LogP contribution in [-0.2, 0) is 6.54 Å². The van der Waals surface area contributed by atoms with Gasteiger partial charge in [-0.25, -0.2) is 0 Å². The number of piperidine rings is 1. The first-order valence-electron chi connectivity index (χ1n) is 9.83. The van der Waals surface area contributed by atoms with Crippen molar-refractivity contribution in [3.05, 3.63) is 40.8 Å². The minimum Gasteiger partial charge on any atom is -0.356 e. The van der Waals surface area contributed by atoms with Gasteiger partial charge in [-0.1, -0.05) is 13.0 Å². The van der Waals surface area contributed by atoms with Crippen molar-refractivity contribution < 1.29 is 0 Å². The van der Waals surface area contributed by atoms with Crippen LogP contribution in [0.5, 0.6) is 0 Å². The molecule has 0 bridgehead atoms. The van der Waals surface area contributed by atoms with Crippen molar-refractivity contribution in [2.24, 2.45) is 16.8 Å². The number of aliphatic imine (C=N–C) groups is 1. The van der Waals surface area contributed by atoms with Crippen LogP contribution in [0.3, 0.4) is 0 Å². The van der Waals surface area contributed by atoms with Gasteiger partial charge >= 0.3 is 0 Å². The van der Waals surface area contributed by atoms with E-state index in [-0.39, 0.29) is 24.0 Å². The Bertz CT molecular complexity index is 688. The van der Waals surface area contributed by atoms with Crippen molar-refractivity contribution >= 4 is 41.3 Å². The molecule has 0 saturated carbocycles. The molecule has 8 heteroatoms. The smallest absolute Gasteiger partial charge is 0.190 e. The maximum atomic E-state index is 4.41. The van der Waals surface area contributed by atoms with Crippen molar-refractivity contribution in [2.75, 3.05) is 33.7 Å². The molecule has 1 aliphatic rings. The average molecular weight is 516 g/mol. The lowest BCUT2D eigenvalue weighted by Crippen LogP contribution is -2.45. The van der Waals surface area contributed by atoms with E-state index < -0.39 is 0 Å². The van der Waals surface area contributed by atoms with E-state index >= 15 is 0 Å². The van der Waals surface area contributed by atoms with E-state index in [0.29, 0.717) is 17.9 Å². The molecule has 2 N–H and O–H groups in total. The summed E-state index contributed by atoms with van der Waals surface area (Å²) in [6, 6.07) is 6.90. The monoisotopic (exact) mass is 516 g/mol. The molecule has 1 aliphatic heterocycles. The number of hydrogen-bond acceptors (Lipinski definition) is 4. The molecule has 1 saturated heterocycles. The summed E-state index contributed by atoms with van der Waals surface area (Å²) in [5.41, 5.74) is 0. The third kappa shape index (κ3) is 6.45. The van der Waals surface area contributed by atoms with Crippen molar-refractivity contribution in [2.45, 2.75) is 32.4 Å². The highest BCUT2D eigenvalue weighted by atomic mass is 127. The summed E-state index contributed by atoms with van der Waals surface area (Å²) in [7, 11) is 4.10. The maximum Gasteiger partial charge on any atom is 0.190 e. The van der Waals surface area contributed by atoms with Gasteiger partial charge in [-0.2, -0.15) is 5.10 Å². The third-order valence-corrected chi connectivity index (χ3v) is 6.22. The zero-order valence-electron chi connectivity index (χ0n) is 17.0. The summed E-state index contributed by atoms with van der Waals surface area (Å²) in [4.78, 5) is 8.39. The van der Waals surface area contributed by atoms with Crippen LogP contribution < -0.4 is 10.6 Å². The zero-order valence-corrected chi connectivity index (χ0v) is 20.2. The fourth-order valence-corrected chi connectivity index (χ4v) is 4.88. The summed E-state index contributed by atoms with van der Waals surface area (Å²) in [5, 5.41) is 13.5. The molecule has 0 amide bonds. The highest BCUT2D eigenvalue weighted by Gasteiger charge is 2.31. The number of aromatic nitrogens is 2. The number of nitrogens with zero attached hydrogens (tertiary/aromatic N) is 4. The second-order valence-corrected chi connectivity index (χ2v) is 8.49. The standard InChI is InChI=1S/C20H32N6S.HI/c1-16(15-26-11-6-9-24-26)13-22-20(21-2)23-14-17-7-4-10-25(3)19(17)18-8-5-12-27-18;/h5-6,8-9,11-12,16-17,19H,4,7,10,13-15H2,1-3H3,(H2,21,22,23);1H. The van der Waals surface area contributed by atoms with Crippen LogP contribution in [0.2, 0.25) is 0 Å². The Morgan fingerprint density at radius 3 is 2.93 bits per heavy atom. The van der Waals surface area contributed by atoms with Crippen LogP contribution in [0.4, 0.5) is 0 Å². The average Bonchev–Trinajstić information content (AvgIpc) is 3.36. The van der Waals surface area contributed by atoms with Crippen LogP contribution in [0.1, 0.15) is 30.7 Å². The lowest BCUT2D eigenvalue weighted by molar-refractivity contribution is 0.125. The maximum absolute atomic E-state index is 4.41. The van der Waals surface area contributed by atoms with Crippen LogP contribution in [-0.4, -0.2) is 54.4 Å². The number of halogens is 1. The zero-order chi connectivity index (χ0) is 19.1. The van der Waals surface area contributed by atoms with Gasteiger partial charge in [0.25, 0.3) is 0 Å². The molecular weight excluding hydrogens is 483 g/mol. The molecular formula is C20H33IN6S. The minimum absolute atomic E-state index is 0. The van der Waals surface area contributed by atoms with Gasteiger partial charge in [-0.3, -0.25) is 14.6 Å². The molecule has 6 nitrogen and oxygen atoms in total. The van der Waals surface area contributed by atoms with Crippen molar-refractivity contribution in [1.82, 2.24) is 25.3 Å². The summed E-state index contributed by atoms with van der Waals surface area (Å²) < 4.78 is 1.98. The van der Waals surface area contributed by atoms with Gasteiger partial charge in [0.15, 0.2) is 5.96 Å². The highest BCUT2D eigenvalue weighted by Crippen LogP contribution is 2.36. The Labute approximate surface area is 189 Å². The molecule has 0 aliphatic carbocycles. The summed E-state index contributed by atoms with van der Waals surface area (Å²) in [6.45, 7) is 6.13. The number of thiophene rings is 1. The summed E-state index contributed by atoms with van der Waals surface area (Å²) >= 11 is 1.87. The van der Waals surface area contributed by atoms with Gasteiger partial charge in [0.2, 0.25) is 0 Å². The molecule has 3 unspecified atom stereocenters. The third-order valence-electron chi connectivity index (χ3n) is 5.27. The normalized spacial score (nSPS) is 21.8. The molecule has 28 heavy (non-hydrogen) atoms. The van der Waals surface area contributed by atoms with E-state index in [1.807, 2.05) is 41.5 Å². The first kappa shape index (κ1) is 23.2. The molecule has 3 heterocycles. The first-order valence-corrected chi connectivity index (χ1v) is 10.7. The van der Waals surface area contributed by atoms with Crippen LogP contribution in [0.25, 0.3) is 0 Å². The van der Waals surface area contributed by atoms with Crippen molar-refractivity contribution in [1.29, 1.82) is 0 Å². The van der Waals surface area contributed by atoms with Crippen LogP contribution in [0, 0.1) is 11.8 Å². The van der Waals surface area contributed by atoms with E-state index in [0.717, 1.165) is 25.6 Å². The highest BCUT2D eigenvalue weighted by molar-refractivity contribution is 14.0. The second kappa shape index (κ2) is 11.8. The molecule has 0 radical (unpaired) electrons. The van der Waals surface area contributed by atoms with Crippen LogP contribution in [0.15, 0.2) is 41.0 Å². The molecule has 2 aromatic heterocycles. The minimum atomic E-state index is 0. The number of rotatable bonds is 7. The molecule has 2 aromatic rings. The Hall–Kier alpha value is -1.13. The summed E-state index contributed by atoms with van der Waals surface area (Å²) in [5.74, 6) is 1.96. The Morgan fingerprint density at radius 1 is 1.39 bits per heavy atom. The molecule has 1 fully saturated rings. The number of likely N-dealkylation sites (tertiary alicyclic amines) is 1. The molecule has 0 aromatic carbocycles. The van der Waals surface area contributed by atoms with Gasteiger partial charge in [-0.05, 0) is 55.8 Å². The molecule has 0 spiro atoms. The predicted octanol–water partition coefficient (Wildman–Crippen LogP) is 3.45. The Balaban J connectivity index is 0.00000280. The largest absolute Gasteiger partial charge is 0.356 e. The first-order chi connectivity index (χ1) is 13.2. The van der Waals surface area contributed by atoms with E-state index in [9.17, 15) is 0 Å². The number of nitrogens with one attached hydrogen (secondary N) is 2. The molecule has 3 atom stereocenters. The van der Waals surface area contributed by atoms with Gasteiger partial charge in [0.1, 0.15) is 0 Å². The van der Waals surface area contributed by atoms with E-state index in [2.05, 4.69) is 57.1 Å². The Morgan fingerprint density at radius 2 is 2.25 bits per heavy atom. The second-order valence-electron chi connectivity index (χ2n) is 7.51. The van der Waals surface area contributed by atoms with Crippen LogP contribution >= 0.6 is 35.3 Å². The van der Waals surface area contributed by atoms with E-state index in [1.165, 1.54) is 24.3 Å². The lowest BCUT2D eigenvalue weighted by atomic mass is 9.88. The molecule has 156 valence electrons. The number of hydrogen-bond donors (Lipinski definition) is 2. The lowest BCUT2D eigenvalue weighted by Gasteiger charge is -2.39. The quantitative estimate of drug-likeness (QED) is 0.337. The van der Waals surface area contributed by atoms with Gasteiger partial charge in [0, 0.05) is 50.0 Å². The fourth-order valence-electron chi connectivity index (χ4n) is 3.89. The SMILES string of the molecule is CN=C(NCC(C)Cn1cccn1)NCC1CCCN(C)C1c1cccs1.I. The topological polar surface area (TPSA) is 57.5 Å². The van der Waals surface area contributed by atoms with E-state index in [4.69, 9.17) is 0 Å². The predicted molar refractivity (Wildman–Crippen MR) is 129 cm³/mol. The van der Waals surface area contributed by atoms with Crippen molar-refractivity contribution in [3.63, 3.8) is 0 Å². The van der Waals surface area contributed by atoms with Gasteiger partial charge in [0.05, 0.1) is 0 Å². The Kier molecular flexibility index (Phi) is 9.73. The number of guanidine groups is 1. The summed E-state index contributed by atoms with van der Waals surface area (Å²) in [6.07, 6.45) is 6.35. The molecule has 3 rings (SSSR count).